The van der Waals surface area contributed by atoms with E-state index < -0.39 is 28.7 Å². The molecule has 7 rings (SSSR count). The highest BCUT2D eigenvalue weighted by Gasteiger charge is 2.45. The lowest BCUT2D eigenvalue weighted by molar-refractivity contribution is -0.129. The SMILES string of the molecule is C#Cc1c(F)ccc2c1N([C@@H]1COc3c(nc(OC[C@]4(C)C[C@@H](F)CN4CC4CCOCC4)nc3NCC3(N(C)C(=O)C=C)CCCC3)C1)C[C@@](C)(O)C2. The quantitative estimate of drug-likeness (QED) is 0.248. The molecule has 292 valence electrons. The molecule has 2 aromatic rings. The van der Waals surface area contributed by atoms with Crippen LogP contribution in [0.25, 0.3) is 0 Å². The molecule has 4 atom stereocenters. The van der Waals surface area contributed by atoms with Crippen LogP contribution in [0.1, 0.15) is 75.6 Å². The number of likely N-dealkylation sites (tertiary alicyclic amines) is 1. The van der Waals surface area contributed by atoms with Gasteiger partial charge in [-0.25, -0.2) is 8.78 Å². The van der Waals surface area contributed by atoms with Crippen LogP contribution in [0.4, 0.5) is 20.3 Å². The van der Waals surface area contributed by atoms with Crippen LogP contribution in [-0.4, -0.2) is 119 Å². The van der Waals surface area contributed by atoms with Gasteiger partial charge in [-0.15, -0.1) is 6.42 Å². The number of rotatable bonds is 11. The van der Waals surface area contributed by atoms with Crippen molar-refractivity contribution in [3.8, 4) is 24.1 Å². The summed E-state index contributed by atoms with van der Waals surface area (Å²) in [4.78, 5) is 28.5. The zero-order chi connectivity index (χ0) is 38.3. The van der Waals surface area contributed by atoms with Crippen LogP contribution in [0, 0.1) is 24.1 Å². The zero-order valence-corrected chi connectivity index (χ0v) is 31.8. The summed E-state index contributed by atoms with van der Waals surface area (Å²) in [5.41, 5.74) is -0.00870. The number of nitrogens with zero attached hydrogens (tertiary/aromatic N) is 5. The molecular weight excluding hydrogens is 694 g/mol. The minimum atomic E-state index is -1.09. The van der Waals surface area contributed by atoms with Crippen molar-refractivity contribution < 1.29 is 32.9 Å². The molecule has 0 bridgehead atoms. The number of terminal acetylenes is 1. The Labute approximate surface area is 317 Å². The summed E-state index contributed by atoms with van der Waals surface area (Å²) in [7, 11) is 1.81. The van der Waals surface area contributed by atoms with E-state index >= 15 is 8.78 Å². The fraction of sp³-hybridized carbons (Fsp3) is 0.634. The molecule has 0 spiro atoms. The lowest BCUT2D eigenvalue weighted by Gasteiger charge is -2.45. The molecule has 0 unspecified atom stereocenters. The Kier molecular flexibility index (Phi) is 10.8. The first kappa shape index (κ1) is 38.3. The topological polar surface area (TPSA) is 113 Å². The first-order valence-electron chi connectivity index (χ1n) is 19.4. The van der Waals surface area contributed by atoms with Crippen LogP contribution in [0.2, 0.25) is 0 Å². The molecule has 13 heteroatoms. The Morgan fingerprint density at radius 1 is 1.26 bits per heavy atom. The van der Waals surface area contributed by atoms with Gasteiger partial charge in [-0.05, 0) is 63.2 Å². The second-order valence-corrected chi connectivity index (χ2v) is 16.6. The van der Waals surface area contributed by atoms with Gasteiger partial charge >= 0.3 is 6.01 Å². The van der Waals surface area contributed by atoms with E-state index in [0.717, 1.165) is 63.8 Å². The maximum atomic E-state index is 15.1. The molecule has 1 aromatic heterocycles. The summed E-state index contributed by atoms with van der Waals surface area (Å²) in [5, 5.41) is 14.8. The molecule has 5 heterocycles. The van der Waals surface area contributed by atoms with Gasteiger partial charge in [-0.3, -0.25) is 9.69 Å². The molecule has 0 radical (unpaired) electrons. The predicted octanol–water partition coefficient (Wildman–Crippen LogP) is 4.69. The van der Waals surface area contributed by atoms with Gasteiger partial charge in [0.25, 0.3) is 0 Å². The Morgan fingerprint density at radius 2 is 2.02 bits per heavy atom. The number of anilines is 2. The van der Waals surface area contributed by atoms with E-state index in [9.17, 15) is 9.90 Å². The van der Waals surface area contributed by atoms with E-state index in [1.54, 1.807) is 17.9 Å². The number of alkyl halides is 1. The molecule has 11 nitrogen and oxygen atoms in total. The number of aliphatic hydroxyl groups is 1. The highest BCUT2D eigenvalue weighted by Crippen LogP contribution is 2.42. The molecule has 1 aromatic carbocycles. The molecule has 3 fully saturated rings. The molecule has 54 heavy (non-hydrogen) atoms. The number of hydrogen-bond donors (Lipinski definition) is 2. The minimum absolute atomic E-state index is 0.132. The summed E-state index contributed by atoms with van der Waals surface area (Å²) in [5.74, 6) is 3.25. The average molecular weight is 749 g/mol. The Hall–Kier alpha value is -3.99. The molecule has 4 aliphatic heterocycles. The van der Waals surface area contributed by atoms with Crippen LogP contribution in [0.3, 0.4) is 0 Å². The number of hydrogen-bond acceptors (Lipinski definition) is 10. The van der Waals surface area contributed by atoms with Crippen LogP contribution in [-0.2, 0) is 22.4 Å². The summed E-state index contributed by atoms with van der Waals surface area (Å²) < 4.78 is 48.6. The second kappa shape index (κ2) is 15.3. The number of nitrogens with one attached hydrogen (secondary N) is 1. The van der Waals surface area contributed by atoms with E-state index in [2.05, 4.69) is 22.7 Å². The van der Waals surface area contributed by atoms with Gasteiger partial charge in [0.2, 0.25) is 5.91 Å². The van der Waals surface area contributed by atoms with Crippen molar-refractivity contribution in [1.29, 1.82) is 0 Å². The second-order valence-electron chi connectivity index (χ2n) is 16.6. The molecule has 1 aliphatic carbocycles. The van der Waals surface area contributed by atoms with E-state index in [0.29, 0.717) is 61.2 Å². The van der Waals surface area contributed by atoms with Gasteiger partial charge in [0.05, 0.1) is 39.7 Å². The van der Waals surface area contributed by atoms with Gasteiger partial charge in [0, 0.05) is 65.7 Å². The Morgan fingerprint density at radius 3 is 2.74 bits per heavy atom. The van der Waals surface area contributed by atoms with Gasteiger partial charge in [-0.1, -0.05) is 31.4 Å². The number of benzene rings is 1. The lowest BCUT2D eigenvalue weighted by atomic mass is 9.86. The number of ether oxygens (including phenoxy) is 3. The molecular formula is C41H54F2N6O5. The van der Waals surface area contributed by atoms with Crippen molar-refractivity contribution in [1.82, 2.24) is 19.8 Å². The van der Waals surface area contributed by atoms with Crippen LogP contribution < -0.4 is 19.7 Å². The number of β-amino-alcohol motifs (C(OH)–C–C–N with tert-alkyl or cyclic N) is 1. The normalized spacial score (nSPS) is 28.1. The standard InChI is InChI=1S/C41H54F2N6O5/c1-6-31-32(43)11-10-28-19-40(4,51)25-49(35(28)31)30-18-33-36(53-23-30)37(44-24-41(14-8-9-15-41)47(5)34(50)7-2)46-38(45-33)54-26-39(3)20-29(42)22-48(39)21-27-12-16-52-17-13-27/h1,7,10-11,27,29-30,51H,2,8-9,12-26H2,3-5H3,(H,44,45,46)/t29-,30+,39+,40+/m1/s1. The fourth-order valence-electron chi connectivity index (χ4n) is 9.37. The third kappa shape index (κ3) is 7.62. The molecule has 2 N–H and O–H groups in total. The van der Waals surface area contributed by atoms with Crippen LogP contribution in [0.5, 0.6) is 11.8 Å². The maximum Gasteiger partial charge on any atom is 0.318 e. The van der Waals surface area contributed by atoms with Gasteiger partial charge in [-0.2, -0.15) is 9.97 Å². The smallest absolute Gasteiger partial charge is 0.318 e. The van der Waals surface area contributed by atoms with Crippen molar-refractivity contribution in [2.45, 2.75) is 101 Å². The van der Waals surface area contributed by atoms with Gasteiger partial charge < -0.3 is 34.4 Å². The lowest BCUT2D eigenvalue weighted by Crippen LogP contribution is -2.54. The summed E-state index contributed by atoms with van der Waals surface area (Å²) in [6.07, 6.45) is 12.8. The predicted molar refractivity (Wildman–Crippen MR) is 202 cm³/mol. The number of carbonyl (C=O) groups is 1. The number of aromatic nitrogens is 2. The Balaban J connectivity index is 1.19. The van der Waals surface area contributed by atoms with Crippen molar-refractivity contribution in [2.24, 2.45) is 5.92 Å². The monoisotopic (exact) mass is 748 g/mol. The van der Waals surface area contributed by atoms with Crippen molar-refractivity contribution in [3.05, 3.63) is 47.4 Å². The highest BCUT2D eigenvalue weighted by molar-refractivity contribution is 5.87. The average Bonchev–Trinajstić information content (AvgIpc) is 3.75. The molecule has 5 aliphatic rings. The van der Waals surface area contributed by atoms with Crippen LogP contribution in [0.15, 0.2) is 24.8 Å². The first-order valence-corrected chi connectivity index (χ1v) is 19.4. The highest BCUT2D eigenvalue weighted by atomic mass is 19.1. The van der Waals surface area contributed by atoms with E-state index in [1.165, 1.54) is 12.1 Å². The summed E-state index contributed by atoms with van der Waals surface area (Å²) in [6.45, 7) is 11.1. The van der Waals surface area contributed by atoms with Crippen LogP contribution >= 0.6 is 0 Å². The number of likely N-dealkylation sites (N-methyl/N-ethyl adjacent to an activating group) is 1. The van der Waals surface area contributed by atoms with Gasteiger partial charge in [0.15, 0.2) is 11.6 Å². The molecule has 2 saturated heterocycles. The minimum Gasteiger partial charge on any atom is -0.486 e. The van der Waals surface area contributed by atoms with E-state index in [-0.39, 0.29) is 43.3 Å². The Bertz CT molecular complexity index is 1770. The molecule has 1 amide bonds. The number of carbonyl (C=O) groups excluding carboxylic acids is 1. The van der Waals surface area contributed by atoms with Crippen molar-refractivity contribution in [3.63, 3.8) is 0 Å². The van der Waals surface area contributed by atoms with Gasteiger partial charge in [0.1, 0.15) is 25.2 Å². The maximum absolute atomic E-state index is 15.1. The number of fused-ring (bicyclic) bond motifs is 2. The number of amides is 1. The van der Waals surface area contributed by atoms with E-state index in [4.69, 9.17) is 30.6 Å². The summed E-state index contributed by atoms with van der Waals surface area (Å²) >= 11 is 0. The largest absolute Gasteiger partial charge is 0.486 e. The third-order valence-corrected chi connectivity index (χ3v) is 12.4. The summed E-state index contributed by atoms with van der Waals surface area (Å²) in [6, 6.07) is 2.82. The zero-order valence-electron chi connectivity index (χ0n) is 31.8. The third-order valence-electron chi connectivity index (χ3n) is 12.4. The van der Waals surface area contributed by atoms with E-state index in [1.807, 2.05) is 18.9 Å². The van der Waals surface area contributed by atoms with Crippen molar-refractivity contribution in [2.75, 3.05) is 69.9 Å². The van der Waals surface area contributed by atoms with Crippen molar-refractivity contribution >= 4 is 17.4 Å². The first-order chi connectivity index (χ1) is 25.8. The fourth-order valence-corrected chi connectivity index (χ4v) is 9.37. The molecule has 1 saturated carbocycles. The number of halogens is 2.